The van der Waals surface area contributed by atoms with Crippen molar-refractivity contribution in [3.8, 4) is 11.5 Å². The number of aliphatic hydroxyl groups excluding tert-OH is 1. The average molecular weight is 492 g/mol. The van der Waals surface area contributed by atoms with Crippen molar-refractivity contribution in [2.75, 3.05) is 25.9 Å². The Labute approximate surface area is 204 Å². The lowest BCUT2D eigenvalue weighted by Crippen LogP contribution is -2.32. The van der Waals surface area contributed by atoms with Crippen LogP contribution in [0.4, 0.5) is 0 Å². The SMILES string of the molecule is CCCCCC(CC)P(=O)(O)CCc1ccc(CCNCC(O)COc2ccc(O)cc2)cc1. The number of benzene rings is 2. The smallest absolute Gasteiger partial charge is 0.203 e. The fourth-order valence-corrected chi connectivity index (χ4v) is 6.06. The second-order valence-corrected chi connectivity index (χ2v) is 11.7. The van der Waals surface area contributed by atoms with E-state index in [-0.39, 0.29) is 18.0 Å². The van der Waals surface area contributed by atoms with Crippen molar-refractivity contribution < 1.29 is 24.4 Å². The van der Waals surface area contributed by atoms with Gasteiger partial charge >= 0.3 is 0 Å². The average Bonchev–Trinajstić information content (AvgIpc) is 2.83. The van der Waals surface area contributed by atoms with Crippen molar-refractivity contribution >= 4 is 7.37 Å². The van der Waals surface area contributed by atoms with E-state index in [4.69, 9.17) is 4.74 Å². The van der Waals surface area contributed by atoms with Gasteiger partial charge in [-0.3, -0.25) is 4.57 Å². The van der Waals surface area contributed by atoms with Crippen molar-refractivity contribution in [1.82, 2.24) is 5.32 Å². The van der Waals surface area contributed by atoms with Crippen LogP contribution in [0, 0.1) is 0 Å². The summed E-state index contributed by atoms with van der Waals surface area (Å²) in [5.41, 5.74) is 2.20. The van der Waals surface area contributed by atoms with Crippen LogP contribution < -0.4 is 10.1 Å². The summed E-state index contributed by atoms with van der Waals surface area (Å²) in [6, 6.07) is 14.7. The van der Waals surface area contributed by atoms with Gasteiger partial charge in [-0.15, -0.1) is 0 Å². The Morgan fingerprint density at radius 1 is 0.971 bits per heavy atom. The molecule has 2 aromatic rings. The Balaban J connectivity index is 1.66. The van der Waals surface area contributed by atoms with Gasteiger partial charge in [0.05, 0.1) is 0 Å². The monoisotopic (exact) mass is 491 g/mol. The second kappa shape index (κ2) is 15.2. The maximum atomic E-state index is 12.9. The van der Waals surface area contributed by atoms with Gasteiger partial charge in [0.1, 0.15) is 24.2 Å². The zero-order valence-corrected chi connectivity index (χ0v) is 21.6. The number of phenols is 1. The zero-order valence-electron chi connectivity index (χ0n) is 20.7. The highest BCUT2D eigenvalue weighted by atomic mass is 31.2. The van der Waals surface area contributed by atoms with E-state index >= 15 is 0 Å². The van der Waals surface area contributed by atoms with Crippen LogP contribution in [0.1, 0.15) is 57.1 Å². The van der Waals surface area contributed by atoms with Gasteiger partial charge in [-0.2, -0.15) is 0 Å². The summed E-state index contributed by atoms with van der Waals surface area (Å²) < 4.78 is 18.4. The van der Waals surface area contributed by atoms with Crippen LogP contribution in [0.5, 0.6) is 11.5 Å². The molecule has 2 aromatic carbocycles. The lowest BCUT2D eigenvalue weighted by atomic mass is 10.1. The van der Waals surface area contributed by atoms with Crippen LogP contribution in [0.2, 0.25) is 0 Å². The van der Waals surface area contributed by atoms with Crippen LogP contribution in [-0.2, 0) is 17.4 Å². The molecule has 0 amide bonds. The summed E-state index contributed by atoms with van der Waals surface area (Å²) in [6.45, 7) is 5.51. The van der Waals surface area contributed by atoms with Crippen molar-refractivity contribution in [3.05, 3.63) is 59.7 Å². The lowest BCUT2D eigenvalue weighted by Gasteiger charge is -2.22. The third kappa shape index (κ3) is 10.6. The number of hydrogen-bond donors (Lipinski definition) is 4. The van der Waals surface area contributed by atoms with E-state index in [9.17, 15) is 19.7 Å². The molecule has 0 fully saturated rings. The Hall–Kier alpha value is -1.85. The van der Waals surface area contributed by atoms with Gasteiger partial charge in [0.15, 0.2) is 0 Å². The molecule has 0 bridgehead atoms. The van der Waals surface area contributed by atoms with Crippen LogP contribution >= 0.6 is 7.37 Å². The first-order valence-corrected chi connectivity index (χ1v) is 14.4. The molecule has 0 aliphatic heterocycles. The molecule has 0 aliphatic carbocycles. The summed E-state index contributed by atoms with van der Waals surface area (Å²) in [7, 11) is -3.13. The van der Waals surface area contributed by atoms with Crippen LogP contribution in [0.25, 0.3) is 0 Å². The molecule has 0 radical (unpaired) electrons. The molecule has 3 unspecified atom stereocenters. The maximum Gasteiger partial charge on any atom is 0.203 e. The number of aromatic hydroxyl groups is 1. The lowest BCUT2D eigenvalue weighted by molar-refractivity contribution is 0.106. The predicted octanol–water partition coefficient (Wildman–Crippen LogP) is 5.14. The molecule has 0 aliphatic rings. The summed E-state index contributed by atoms with van der Waals surface area (Å²) in [5, 5.41) is 22.6. The van der Waals surface area contributed by atoms with E-state index in [0.717, 1.165) is 50.6 Å². The number of rotatable bonds is 17. The van der Waals surface area contributed by atoms with E-state index < -0.39 is 13.5 Å². The highest BCUT2D eigenvalue weighted by Crippen LogP contribution is 2.50. The van der Waals surface area contributed by atoms with Crippen molar-refractivity contribution in [3.63, 3.8) is 0 Å². The third-order valence-corrected chi connectivity index (χ3v) is 8.80. The van der Waals surface area contributed by atoms with Gasteiger partial charge in [0.2, 0.25) is 7.37 Å². The first-order chi connectivity index (χ1) is 16.3. The Bertz CT molecular complexity index is 856. The molecule has 190 valence electrons. The van der Waals surface area contributed by atoms with E-state index in [2.05, 4.69) is 24.4 Å². The molecule has 0 heterocycles. The fraction of sp³-hybridized carbons (Fsp3) is 0.556. The number of aryl methyl sites for hydroxylation is 1. The molecule has 7 heteroatoms. The molecule has 0 saturated heterocycles. The molecule has 0 aromatic heterocycles. The van der Waals surface area contributed by atoms with E-state index in [1.54, 1.807) is 24.3 Å². The highest BCUT2D eigenvalue weighted by molar-refractivity contribution is 7.58. The molecular formula is C27H42NO5P. The van der Waals surface area contributed by atoms with Crippen LogP contribution in [0.3, 0.4) is 0 Å². The fourth-order valence-electron chi connectivity index (χ4n) is 3.96. The largest absolute Gasteiger partial charge is 0.508 e. The third-order valence-electron chi connectivity index (χ3n) is 6.18. The molecular weight excluding hydrogens is 449 g/mol. The number of ether oxygens (including phenoxy) is 1. The molecule has 2 rings (SSSR count). The Morgan fingerprint density at radius 2 is 1.62 bits per heavy atom. The van der Waals surface area contributed by atoms with Crippen molar-refractivity contribution in [1.29, 1.82) is 0 Å². The first kappa shape index (κ1) is 28.4. The topological polar surface area (TPSA) is 99.0 Å². The van der Waals surface area contributed by atoms with Crippen LogP contribution in [-0.4, -0.2) is 52.7 Å². The minimum Gasteiger partial charge on any atom is -0.508 e. The van der Waals surface area contributed by atoms with Crippen molar-refractivity contribution in [2.24, 2.45) is 0 Å². The number of nitrogens with one attached hydrogen (secondary N) is 1. The number of unbranched alkanes of at least 4 members (excludes halogenated alkanes) is 2. The zero-order chi connectivity index (χ0) is 24.8. The molecule has 4 N–H and O–H groups in total. The van der Waals surface area contributed by atoms with Crippen LogP contribution in [0.15, 0.2) is 48.5 Å². The quantitative estimate of drug-likeness (QED) is 0.181. The minimum absolute atomic E-state index is 0.0776. The molecule has 0 saturated carbocycles. The minimum atomic E-state index is -3.13. The van der Waals surface area contributed by atoms with Gasteiger partial charge in [-0.25, -0.2) is 0 Å². The van der Waals surface area contributed by atoms with Gasteiger partial charge in [0, 0.05) is 18.4 Å². The van der Waals surface area contributed by atoms with Gasteiger partial charge in [-0.1, -0.05) is 57.4 Å². The molecule has 3 atom stereocenters. The summed E-state index contributed by atoms with van der Waals surface area (Å²) in [4.78, 5) is 10.6. The summed E-state index contributed by atoms with van der Waals surface area (Å²) in [5.74, 6) is 0.787. The van der Waals surface area contributed by atoms with Crippen molar-refractivity contribution in [2.45, 2.75) is 70.6 Å². The van der Waals surface area contributed by atoms with Gasteiger partial charge < -0.3 is 25.2 Å². The Kier molecular flexibility index (Phi) is 12.7. The summed E-state index contributed by atoms with van der Waals surface area (Å²) in [6.07, 6.45) is 6.09. The standard InChI is InChI=1S/C27H42NO5P/c1-3-5-6-7-27(4-2)34(31,32)19-17-23-10-8-22(9-11-23)16-18-28-20-25(30)21-33-26-14-12-24(29)13-15-26/h8-15,25,27-30H,3-7,16-21H2,1-2H3,(H,31,32). The molecule has 34 heavy (non-hydrogen) atoms. The van der Waals surface area contributed by atoms with Gasteiger partial charge in [0.25, 0.3) is 0 Å². The first-order valence-electron chi connectivity index (χ1n) is 12.5. The van der Waals surface area contributed by atoms with Gasteiger partial charge in [-0.05, 0) is 67.6 Å². The normalized spacial score (nSPS) is 14.9. The number of hydrogen-bond acceptors (Lipinski definition) is 5. The molecule has 0 spiro atoms. The highest BCUT2D eigenvalue weighted by Gasteiger charge is 2.28. The maximum absolute atomic E-state index is 12.9. The summed E-state index contributed by atoms with van der Waals surface area (Å²) >= 11 is 0. The predicted molar refractivity (Wildman–Crippen MR) is 139 cm³/mol. The second-order valence-electron chi connectivity index (χ2n) is 9.02. The van der Waals surface area contributed by atoms with E-state index in [1.807, 2.05) is 19.1 Å². The van der Waals surface area contributed by atoms with E-state index in [1.165, 1.54) is 5.56 Å². The Morgan fingerprint density at radius 3 is 2.24 bits per heavy atom. The number of aliphatic hydroxyl groups is 1. The van der Waals surface area contributed by atoms with E-state index in [0.29, 0.717) is 24.9 Å². The molecule has 6 nitrogen and oxygen atoms in total. The number of phenolic OH excluding ortho intramolecular Hbond substituents is 1.